The summed E-state index contributed by atoms with van der Waals surface area (Å²) in [6.07, 6.45) is 6.49. The van der Waals surface area contributed by atoms with Gasteiger partial charge in [-0.2, -0.15) is 9.97 Å². The number of pyridine rings is 1. The van der Waals surface area contributed by atoms with Gasteiger partial charge in [0, 0.05) is 44.4 Å². The van der Waals surface area contributed by atoms with Crippen LogP contribution in [0.4, 0.5) is 14.6 Å². The van der Waals surface area contributed by atoms with Crippen LogP contribution in [0.5, 0.6) is 6.01 Å². The van der Waals surface area contributed by atoms with E-state index in [1.807, 2.05) is 19.2 Å². The first-order valence-electron chi connectivity index (χ1n) is 15.3. The van der Waals surface area contributed by atoms with E-state index < -0.39 is 12.0 Å². The molecule has 0 spiro atoms. The summed E-state index contributed by atoms with van der Waals surface area (Å²) in [5.74, 6) is 0.645. The molecular weight excluding hydrogens is 534 g/mol. The molecule has 0 amide bonds. The second-order valence-corrected chi connectivity index (χ2v) is 12.7. The minimum Gasteiger partial charge on any atom is -0.461 e. The zero-order valence-electron chi connectivity index (χ0n) is 24.0. The number of nitrogens with zero attached hydrogens (tertiary/aromatic N) is 5. The lowest BCUT2D eigenvalue weighted by Gasteiger charge is -2.31. The number of ether oxygens (including phenoxy) is 1. The Hall–Kier alpha value is -3.43. The molecular formula is C33H36F2N6O. The summed E-state index contributed by atoms with van der Waals surface area (Å²) in [5, 5.41) is 6.12. The number of fused-ring (bicyclic) bond motifs is 3. The van der Waals surface area contributed by atoms with E-state index in [-0.39, 0.29) is 23.1 Å². The summed E-state index contributed by atoms with van der Waals surface area (Å²) in [6.45, 7) is 3.36. The van der Waals surface area contributed by atoms with Gasteiger partial charge in [0.15, 0.2) is 5.82 Å². The van der Waals surface area contributed by atoms with E-state index in [4.69, 9.17) is 14.7 Å². The van der Waals surface area contributed by atoms with Gasteiger partial charge in [-0.3, -0.25) is 9.88 Å². The first-order valence-corrected chi connectivity index (χ1v) is 15.3. The van der Waals surface area contributed by atoms with E-state index in [1.165, 1.54) is 5.56 Å². The molecule has 4 fully saturated rings. The highest BCUT2D eigenvalue weighted by molar-refractivity contribution is 6.01. The molecule has 3 atom stereocenters. The van der Waals surface area contributed by atoms with Crippen molar-refractivity contribution in [1.82, 2.24) is 25.2 Å². The van der Waals surface area contributed by atoms with Crippen molar-refractivity contribution in [3.05, 3.63) is 54.0 Å². The molecule has 42 heavy (non-hydrogen) atoms. The highest BCUT2D eigenvalue weighted by atomic mass is 19.1. The SMILES string of the molecule is CN(c1nc(OC[C@@]23CCCN2C[C@H](F)C3)nc2c(F)c(-c3cccc4cccc(C5CC5)c34)ncc12)[C@@H]1CCNC1. The van der Waals surface area contributed by atoms with E-state index in [1.54, 1.807) is 6.20 Å². The molecule has 1 saturated carbocycles. The Bertz CT molecular complexity index is 1670. The predicted molar refractivity (Wildman–Crippen MR) is 160 cm³/mol. The van der Waals surface area contributed by atoms with Crippen LogP contribution >= 0.6 is 0 Å². The van der Waals surface area contributed by atoms with Gasteiger partial charge in [0.1, 0.15) is 29.8 Å². The fraction of sp³-hybridized carbons (Fsp3) is 0.485. The molecule has 1 N–H and O–H groups in total. The van der Waals surface area contributed by atoms with Gasteiger partial charge in [0.2, 0.25) is 0 Å². The normalized spacial score (nSPS) is 25.9. The Labute approximate surface area is 244 Å². The van der Waals surface area contributed by atoms with Crippen LogP contribution in [-0.4, -0.2) is 77.4 Å². The van der Waals surface area contributed by atoms with Crippen LogP contribution in [0.25, 0.3) is 32.9 Å². The highest BCUT2D eigenvalue weighted by Crippen LogP contribution is 2.46. The fourth-order valence-corrected chi connectivity index (χ4v) is 7.64. The van der Waals surface area contributed by atoms with Crippen LogP contribution in [0.2, 0.25) is 0 Å². The monoisotopic (exact) mass is 570 g/mol. The zero-order valence-corrected chi connectivity index (χ0v) is 24.0. The van der Waals surface area contributed by atoms with Crippen molar-refractivity contribution in [2.24, 2.45) is 0 Å². The topological polar surface area (TPSA) is 66.4 Å². The van der Waals surface area contributed by atoms with Crippen LogP contribution in [-0.2, 0) is 0 Å². The van der Waals surface area contributed by atoms with Crippen molar-refractivity contribution >= 4 is 27.5 Å². The number of anilines is 1. The summed E-state index contributed by atoms with van der Waals surface area (Å²) in [6, 6.07) is 12.7. The van der Waals surface area contributed by atoms with Crippen LogP contribution in [0.15, 0.2) is 42.6 Å². The Kier molecular flexibility index (Phi) is 6.30. The van der Waals surface area contributed by atoms with E-state index in [0.29, 0.717) is 42.4 Å². The quantitative estimate of drug-likeness (QED) is 0.310. The van der Waals surface area contributed by atoms with Crippen LogP contribution in [0.3, 0.4) is 0 Å². The first-order chi connectivity index (χ1) is 20.5. The smallest absolute Gasteiger partial charge is 0.319 e. The molecule has 9 heteroatoms. The molecule has 5 heterocycles. The van der Waals surface area contributed by atoms with Crippen molar-refractivity contribution in [2.45, 2.75) is 62.2 Å². The standard InChI is InChI=1S/C33H36F2N6O/c1-40(23-11-13-36-16-23)31-26-17-37-29(25-8-3-6-21-5-2-7-24(27(21)25)20-9-10-20)28(35)30(26)38-32(39-31)42-19-33-12-4-14-41(33)18-22(34)15-33/h2-3,5-8,17,20,22-23,36H,4,9-16,18-19H2,1H3/t22-,23-,33+/m1/s1. The molecule has 4 aliphatic rings. The molecule has 7 nitrogen and oxygen atoms in total. The fourth-order valence-electron chi connectivity index (χ4n) is 7.64. The molecule has 4 aromatic rings. The maximum absolute atomic E-state index is 16.7. The second kappa shape index (κ2) is 10.1. The van der Waals surface area contributed by atoms with Gasteiger partial charge >= 0.3 is 6.01 Å². The third-order valence-corrected chi connectivity index (χ3v) is 10.00. The molecule has 3 aliphatic heterocycles. The van der Waals surface area contributed by atoms with Crippen molar-refractivity contribution in [1.29, 1.82) is 0 Å². The van der Waals surface area contributed by atoms with E-state index >= 15 is 4.39 Å². The summed E-state index contributed by atoms with van der Waals surface area (Å²) in [7, 11) is 1.99. The second-order valence-electron chi connectivity index (χ2n) is 12.7. The highest BCUT2D eigenvalue weighted by Gasteiger charge is 2.49. The Morgan fingerprint density at radius 1 is 1.14 bits per heavy atom. The van der Waals surface area contributed by atoms with Gasteiger partial charge in [0.05, 0.1) is 10.9 Å². The summed E-state index contributed by atoms with van der Waals surface area (Å²) in [5.41, 5.74) is 2.19. The lowest BCUT2D eigenvalue weighted by atomic mass is 9.94. The van der Waals surface area contributed by atoms with Gasteiger partial charge in [-0.05, 0) is 67.4 Å². The van der Waals surface area contributed by atoms with Crippen molar-refractivity contribution in [3.63, 3.8) is 0 Å². The van der Waals surface area contributed by atoms with Gasteiger partial charge in [-0.1, -0.05) is 36.4 Å². The van der Waals surface area contributed by atoms with Gasteiger partial charge in [-0.15, -0.1) is 0 Å². The molecule has 0 radical (unpaired) electrons. The summed E-state index contributed by atoms with van der Waals surface area (Å²) in [4.78, 5) is 18.5. The number of aromatic nitrogens is 3. The number of hydrogen-bond donors (Lipinski definition) is 1. The van der Waals surface area contributed by atoms with E-state index in [2.05, 4.69) is 44.4 Å². The zero-order chi connectivity index (χ0) is 28.4. The molecule has 2 aromatic heterocycles. The minimum atomic E-state index is -0.852. The maximum atomic E-state index is 16.7. The molecule has 8 rings (SSSR count). The number of alkyl halides is 1. The third-order valence-electron chi connectivity index (χ3n) is 10.00. The largest absolute Gasteiger partial charge is 0.461 e. The van der Waals surface area contributed by atoms with Crippen LogP contribution in [0.1, 0.15) is 50.0 Å². The maximum Gasteiger partial charge on any atom is 0.319 e. The average molecular weight is 571 g/mol. The number of rotatable bonds is 7. The number of likely N-dealkylation sites (N-methyl/N-ethyl adjacent to an activating group) is 1. The minimum absolute atomic E-state index is 0.131. The average Bonchev–Trinajstić information content (AvgIpc) is 3.40. The summed E-state index contributed by atoms with van der Waals surface area (Å²) < 4.78 is 37.4. The number of benzene rings is 2. The van der Waals surface area contributed by atoms with Crippen LogP contribution < -0.4 is 15.0 Å². The number of hydrogen-bond acceptors (Lipinski definition) is 7. The molecule has 2 aromatic carbocycles. The lowest BCUT2D eigenvalue weighted by molar-refractivity contribution is 0.107. The third kappa shape index (κ3) is 4.31. The molecule has 0 bridgehead atoms. The number of nitrogens with one attached hydrogen (secondary N) is 1. The van der Waals surface area contributed by atoms with E-state index in [9.17, 15) is 4.39 Å². The van der Waals surface area contributed by atoms with Crippen molar-refractivity contribution in [2.75, 3.05) is 44.7 Å². The van der Waals surface area contributed by atoms with Crippen molar-refractivity contribution in [3.8, 4) is 17.3 Å². The first kappa shape index (κ1) is 26.2. The lowest BCUT2D eigenvalue weighted by Crippen LogP contribution is -2.43. The van der Waals surface area contributed by atoms with Crippen molar-refractivity contribution < 1.29 is 13.5 Å². The summed E-state index contributed by atoms with van der Waals surface area (Å²) >= 11 is 0. The Morgan fingerprint density at radius 2 is 2.00 bits per heavy atom. The van der Waals surface area contributed by atoms with Gasteiger partial charge in [0.25, 0.3) is 0 Å². The Balaban J connectivity index is 1.25. The number of halogens is 2. The predicted octanol–water partition coefficient (Wildman–Crippen LogP) is 5.61. The van der Waals surface area contributed by atoms with E-state index in [0.717, 1.165) is 68.1 Å². The Morgan fingerprint density at radius 3 is 2.81 bits per heavy atom. The van der Waals surface area contributed by atoms with Crippen LogP contribution in [0, 0.1) is 5.82 Å². The molecule has 218 valence electrons. The van der Waals surface area contributed by atoms with Gasteiger partial charge in [-0.25, -0.2) is 8.78 Å². The molecule has 3 saturated heterocycles. The molecule has 1 aliphatic carbocycles. The van der Waals surface area contributed by atoms with Gasteiger partial charge < -0.3 is 15.0 Å². The molecule has 0 unspecified atom stereocenters.